The van der Waals surface area contributed by atoms with E-state index < -0.39 is 72.1 Å². The van der Waals surface area contributed by atoms with Crippen LogP contribution in [0.4, 0.5) is 4.79 Å². The number of carbonyl (C=O) groups is 7. The fraction of sp³-hybridized carbons (Fsp3) is 0.759. The summed E-state index contributed by atoms with van der Waals surface area (Å²) in [5, 5.41) is 9.88. The van der Waals surface area contributed by atoms with Crippen molar-refractivity contribution in [1.29, 1.82) is 0 Å². The molecule has 244 valence electrons. The first-order valence-electron chi connectivity index (χ1n) is 15.0. The minimum absolute atomic E-state index is 0.0808. The number of Topliss-reactive ketones (excluding diaryl/α,β-unsaturated/α-hetero) is 1. The molecule has 0 aromatic carbocycles. The van der Waals surface area contributed by atoms with Gasteiger partial charge in [0.05, 0.1) is 19.2 Å². The third kappa shape index (κ3) is 12.6. The molecule has 14 nitrogen and oxygen atoms in total. The molecule has 1 heterocycles. The quantitative estimate of drug-likeness (QED) is 0.145. The van der Waals surface area contributed by atoms with Crippen LogP contribution in [0, 0.1) is 17.8 Å². The molecule has 0 saturated carbocycles. The molecule has 1 fully saturated rings. The number of likely N-dealkylation sites (tertiary alicyclic amines) is 1. The van der Waals surface area contributed by atoms with Gasteiger partial charge >= 0.3 is 6.09 Å². The molecule has 0 radical (unpaired) electrons. The van der Waals surface area contributed by atoms with E-state index in [4.69, 9.17) is 10.5 Å². The average Bonchev–Trinajstić information content (AvgIpc) is 3.42. The van der Waals surface area contributed by atoms with E-state index in [9.17, 15) is 33.6 Å². The Morgan fingerprint density at radius 2 is 1.56 bits per heavy atom. The van der Waals surface area contributed by atoms with Gasteiger partial charge in [0.2, 0.25) is 29.4 Å². The van der Waals surface area contributed by atoms with Crippen molar-refractivity contribution >= 4 is 41.4 Å². The van der Waals surface area contributed by atoms with Crippen LogP contribution in [0.5, 0.6) is 0 Å². The third-order valence-electron chi connectivity index (χ3n) is 6.82. The van der Waals surface area contributed by atoms with Crippen LogP contribution in [0.25, 0.3) is 0 Å². The summed E-state index contributed by atoms with van der Waals surface area (Å²) in [7, 11) is 0. The van der Waals surface area contributed by atoms with E-state index in [1.165, 1.54) is 4.90 Å². The van der Waals surface area contributed by atoms with E-state index in [-0.39, 0.29) is 37.3 Å². The predicted molar refractivity (Wildman–Crippen MR) is 158 cm³/mol. The lowest BCUT2D eigenvalue weighted by molar-refractivity contribution is -0.143. The first kappa shape index (κ1) is 37.3. The van der Waals surface area contributed by atoms with Crippen LogP contribution in [0.1, 0.15) is 80.6 Å². The summed E-state index contributed by atoms with van der Waals surface area (Å²) in [5.41, 5.74) is 5.33. The van der Waals surface area contributed by atoms with E-state index >= 15 is 0 Å². The Morgan fingerprint density at radius 1 is 0.907 bits per heavy atom. The summed E-state index contributed by atoms with van der Waals surface area (Å²) >= 11 is 0. The van der Waals surface area contributed by atoms with Gasteiger partial charge in [-0.25, -0.2) is 4.79 Å². The lowest BCUT2D eigenvalue weighted by Crippen LogP contribution is -2.57. The highest BCUT2D eigenvalue weighted by molar-refractivity contribution is 6.38. The minimum atomic E-state index is -1.18. The molecule has 0 aromatic rings. The molecule has 4 atom stereocenters. The van der Waals surface area contributed by atoms with Crippen molar-refractivity contribution in [3.63, 3.8) is 0 Å². The number of ether oxygens (including phenoxy) is 1. The zero-order valence-corrected chi connectivity index (χ0v) is 26.5. The molecule has 1 aliphatic rings. The SMILES string of the molecule is CCCC(NC(=O)[C@@H]1CCCN1C(=O)C(NC(=O)OCC(C)C)C(C)C)C(=O)C(=O)NCC(=O)NC(CC(C)C)C(N)=O. The Morgan fingerprint density at radius 3 is 2.09 bits per heavy atom. The molecule has 1 saturated heterocycles. The van der Waals surface area contributed by atoms with Crippen LogP contribution in [-0.2, 0) is 33.5 Å². The van der Waals surface area contributed by atoms with Crippen molar-refractivity contribution in [3.05, 3.63) is 0 Å². The van der Waals surface area contributed by atoms with Crippen molar-refractivity contribution in [1.82, 2.24) is 26.2 Å². The lowest BCUT2D eigenvalue weighted by atomic mass is 10.0. The van der Waals surface area contributed by atoms with E-state index in [2.05, 4.69) is 21.3 Å². The van der Waals surface area contributed by atoms with E-state index in [0.717, 1.165) is 0 Å². The highest BCUT2D eigenvalue weighted by atomic mass is 16.5. The number of amides is 6. The molecule has 43 heavy (non-hydrogen) atoms. The Hall–Kier alpha value is -3.71. The molecule has 0 bridgehead atoms. The number of nitrogens with one attached hydrogen (secondary N) is 4. The van der Waals surface area contributed by atoms with Gasteiger partial charge in [0.15, 0.2) is 0 Å². The van der Waals surface area contributed by atoms with Crippen LogP contribution >= 0.6 is 0 Å². The van der Waals surface area contributed by atoms with Crippen molar-refractivity contribution in [2.75, 3.05) is 19.7 Å². The molecule has 0 aliphatic carbocycles. The van der Waals surface area contributed by atoms with Crippen LogP contribution in [0.15, 0.2) is 0 Å². The summed E-state index contributed by atoms with van der Waals surface area (Å²) in [6.45, 7) is 12.7. The summed E-state index contributed by atoms with van der Waals surface area (Å²) in [4.78, 5) is 89.8. The molecule has 1 aliphatic heterocycles. The third-order valence-corrected chi connectivity index (χ3v) is 6.82. The molecule has 1 rings (SSSR count). The molecule has 6 amide bonds. The van der Waals surface area contributed by atoms with Gasteiger partial charge in [-0.05, 0) is 43.4 Å². The number of rotatable bonds is 17. The Labute approximate surface area is 253 Å². The molecule has 3 unspecified atom stereocenters. The first-order chi connectivity index (χ1) is 20.1. The Bertz CT molecular complexity index is 1010. The largest absolute Gasteiger partial charge is 0.449 e. The molecule has 6 N–H and O–H groups in total. The van der Waals surface area contributed by atoms with Gasteiger partial charge in [0.25, 0.3) is 5.91 Å². The van der Waals surface area contributed by atoms with Crippen LogP contribution < -0.4 is 27.0 Å². The summed E-state index contributed by atoms with van der Waals surface area (Å²) in [5.74, 6) is -4.54. The van der Waals surface area contributed by atoms with E-state index in [1.807, 2.05) is 27.7 Å². The highest BCUT2D eigenvalue weighted by Crippen LogP contribution is 2.21. The van der Waals surface area contributed by atoms with Crippen molar-refractivity contribution in [3.8, 4) is 0 Å². The van der Waals surface area contributed by atoms with Gasteiger partial charge in [-0.15, -0.1) is 0 Å². The minimum Gasteiger partial charge on any atom is -0.449 e. The number of primary amides is 1. The van der Waals surface area contributed by atoms with Crippen LogP contribution in [0.2, 0.25) is 0 Å². The van der Waals surface area contributed by atoms with Crippen molar-refractivity contribution in [2.24, 2.45) is 23.5 Å². The van der Waals surface area contributed by atoms with Crippen LogP contribution in [-0.4, -0.2) is 90.2 Å². The first-order valence-corrected chi connectivity index (χ1v) is 15.0. The van der Waals surface area contributed by atoms with Gasteiger partial charge < -0.3 is 36.6 Å². The van der Waals surface area contributed by atoms with Gasteiger partial charge in [-0.2, -0.15) is 0 Å². The summed E-state index contributed by atoms with van der Waals surface area (Å²) < 4.78 is 5.16. The second-order valence-electron chi connectivity index (χ2n) is 12.1. The van der Waals surface area contributed by atoms with Crippen LogP contribution in [0.3, 0.4) is 0 Å². The molecular weight excluding hydrogens is 560 g/mol. The van der Waals surface area contributed by atoms with Gasteiger partial charge in [-0.3, -0.25) is 28.8 Å². The molecular formula is C29H50N6O8. The summed E-state index contributed by atoms with van der Waals surface area (Å²) in [6, 6.07) is -3.91. The normalized spacial score (nSPS) is 16.8. The predicted octanol–water partition coefficient (Wildman–Crippen LogP) is 0.371. The monoisotopic (exact) mass is 610 g/mol. The fourth-order valence-corrected chi connectivity index (χ4v) is 4.60. The number of nitrogens with two attached hydrogens (primary N) is 1. The average molecular weight is 611 g/mol. The number of ketones is 1. The zero-order chi connectivity index (χ0) is 32.9. The maximum Gasteiger partial charge on any atom is 0.407 e. The van der Waals surface area contributed by atoms with Crippen molar-refractivity contribution < 1.29 is 38.3 Å². The van der Waals surface area contributed by atoms with E-state index in [1.54, 1.807) is 20.8 Å². The molecule has 14 heteroatoms. The number of hydrogen-bond acceptors (Lipinski definition) is 8. The highest BCUT2D eigenvalue weighted by Gasteiger charge is 2.40. The molecule has 0 spiro atoms. The Kier molecular flexibility index (Phi) is 15.7. The number of alkyl carbamates (subject to hydrolysis) is 1. The smallest absolute Gasteiger partial charge is 0.407 e. The fourth-order valence-electron chi connectivity index (χ4n) is 4.60. The number of hydrogen-bond donors (Lipinski definition) is 5. The van der Waals surface area contributed by atoms with Gasteiger partial charge in [-0.1, -0.05) is 54.9 Å². The van der Waals surface area contributed by atoms with Crippen molar-refractivity contribution in [2.45, 2.75) is 105 Å². The lowest BCUT2D eigenvalue weighted by Gasteiger charge is -2.31. The number of nitrogens with zero attached hydrogens (tertiary/aromatic N) is 1. The van der Waals surface area contributed by atoms with Gasteiger partial charge in [0.1, 0.15) is 18.1 Å². The standard InChI is InChI=1S/C29H50N6O8/c1-8-10-19(24(37)27(40)31-14-22(36)32-20(25(30)38)13-16(2)3)33-26(39)21-11-9-12-35(21)28(41)23(18(6)7)34-29(42)43-15-17(4)5/h16-21,23H,8-15H2,1-7H3,(H2,30,38)(H,31,40)(H,32,36)(H,33,39)(H,34,42)/t19?,20?,21-,23?/m0/s1. The second kappa shape index (κ2) is 18.1. The second-order valence-corrected chi connectivity index (χ2v) is 12.1. The Balaban J connectivity index is 2.86. The topological polar surface area (TPSA) is 206 Å². The maximum atomic E-state index is 13.4. The summed E-state index contributed by atoms with van der Waals surface area (Å²) in [6.07, 6.45) is 1.09. The maximum absolute atomic E-state index is 13.4. The number of carbonyl (C=O) groups excluding carboxylic acids is 7. The molecule has 0 aromatic heterocycles. The zero-order valence-electron chi connectivity index (χ0n) is 26.5. The van der Waals surface area contributed by atoms with E-state index in [0.29, 0.717) is 25.7 Å². The van der Waals surface area contributed by atoms with Gasteiger partial charge in [0, 0.05) is 6.54 Å².